The Labute approximate surface area is 166 Å². The molecule has 27 heavy (non-hydrogen) atoms. The van der Waals surface area contributed by atoms with Gasteiger partial charge >= 0.3 is 0 Å². The highest BCUT2D eigenvalue weighted by Crippen LogP contribution is 2.37. The summed E-state index contributed by atoms with van der Waals surface area (Å²) in [6.45, 7) is 2.82. The van der Waals surface area contributed by atoms with Gasteiger partial charge in [0.1, 0.15) is 5.75 Å². The number of benzene rings is 1. The number of carbonyl (C=O) groups is 1. The molecule has 4 N–H and O–H groups in total. The van der Waals surface area contributed by atoms with Gasteiger partial charge in [-0.25, -0.2) is 0 Å². The molecule has 3 rings (SSSR count). The maximum Gasteiger partial charge on any atom is 0.255 e. The smallest absolute Gasteiger partial charge is 0.255 e. The Bertz CT molecular complexity index is 921. The zero-order valence-corrected chi connectivity index (χ0v) is 16.3. The van der Waals surface area contributed by atoms with E-state index in [-0.39, 0.29) is 28.2 Å². The van der Waals surface area contributed by atoms with Crippen molar-refractivity contribution in [2.45, 2.75) is 25.8 Å². The first-order chi connectivity index (χ1) is 12.8. The summed E-state index contributed by atoms with van der Waals surface area (Å²) in [4.78, 5) is 28.5. The molecule has 1 aromatic heterocycles. The van der Waals surface area contributed by atoms with Gasteiger partial charge in [0.25, 0.3) is 5.91 Å². The molecular weight excluding hydrogens is 389 g/mol. The molecule has 0 radical (unpaired) electrons. The van der Waals surface area contributed by atoms with E-state index in [2.05, 4.69) is 4.98 Å². The van der Waals surface area contributed by atoms with Crippen LogP contribution >= 0.6 is 23.2 Å². The molecule has 0 aliphatic carbocycles. The number of nitrogens with one attached hydrogen (secondary N) is 1. The van der Waals surface area contributed by atoms with Crippen LogP contribution in [-0.4, -0.2) is 34.0 Å². The average molecular weight is 410 g/mol. The fourth-order valence-electron chi connectivity index (χ4n) is 3.51. The number of H-pyrrole nitrogens is 1. The summed E-state index contributed by atoms with van der Waals surface area (Å²) < 4.78 is 0. The summed E-state index contributed by atoms with van der Waals surface area (Å²) in [7, 11) is 0. The maximum absolute atomic E-state index is 12.7. The van der Waals surface area contributed by atoms with Crippen LogP contribution in [0.25, 0.3) is 0 Å². The predicted molar refractivity (Wildman–Crippen MR) is 105 cm³/mol. The van der Waals surface area contributed by atoms with Crippen molar-refractivity contribution in [3.05, 3.63) is 61.5 Å². The van der Waals surface area contributed by atoms with Crippen molar-refractivity contribution in [2.75, 3.05) is 13.1 Å². The first-order valence-corrected chi connectivity index (χ1v) is 9.46. The van der Waals surface area contributed by atoms with E-state index in [4.69, 9.17) is 28.9 Å². The number of pyridine rings is 1. The second kappa shape index (κ2) is 7.92. The molecule has 1 atom stereocenters. The number of carbonyl (C=O) groups excluding carboxylic acids is 1. The second-order valence-electron chi connectivity index (χ2n) is 6.84. The number of amides is 1. The monoisotopic (exact) mass is 409 g/mol. The minimum absolute atomic E-state index is 0.0271. The molecule has 0 spiro atoms. The number of hydrogen-bond acceptors (Lipinski definition) is 4. The minimum Gasteiger partial charge on any atom is -0.508 e. The van der Waals surface area contributed by atoms with Gasteiger partial charge in [0.05, 0.1) is 15.6 Å². The van der Waals surface area contributed by atoms with Gasteiger partial charge in [0, 0.05) is 42.5 Å². The second-order valence-corrected chi connectivity index (χ2v) is 7.66. The maximum atomic E-state index is 12.7. The van der Waals surface area contributed by atoms with Crippen molar-refractivity contribution in [1.82, 2.24) is 9.88 Å². The summed E-state index contributed by atoms with van der Waals surface area (Å²) in [5.74, 6) is 0.0290. The number of aromatic hydroxyl groups is 1. The van der Waals surface area contributed by atoms with Gasteiger partial charge < -0.3 is 20.7 Å². The van der Waals surface area contributed by atoms with E-state index < -0.39 is 6.04 Å². The van der Waals surface area contributed by atoms with Gasteiger partial charge in [-0.15, -0.1) is 0 Å². The number of nitrogens with zero attached hydrogens (tertiary/aromatic N) is 1. The molecule has 1 aliphatic rings. The van der Waals surface area contributed by atoms with Gasteiger partial charge in [-0.2, -0.15) is 0 Å². The van der Waals surface area contributed by atoms with E-state index in [1.165, 1.54) is 12.1 Å². The Balaban J connectivity index is 1.69. The summed E-state index contributed by atoms with van der Waals surface area (Å²) in [6, 6.07) is 5.52. The van der Waals surface area contributed by atoms with Crippen LogP contribution in [0.2, 0.25) is 10.0 Å². The standard InChI is InChI=1S/C19H21Cl2N3O3/c1-10-12(2-3-17(26)23-10)19(27)24-6-4-11(5-7-24)18(22)13-8-14(20)15(21)9-16(13)25/h2-3,8-9,11,18,25H,4-7,22H2,1H3,(H,23,26)/t18-/m1/s1. The molecule has 144 valence electrons. The number of aromatic nitrogens is 1. The minimum atomic E-state index is -0.396. The van der Waals surface area contributed by atoms with E-state index in [1.54, 1.807) is 24.0 Å². The van der Waals surface area contributed by atoms with Crippen LogP contribution in [0.4, 0.5) is 0 Å². The van der Waals surface area contributed by atoms with Crippen LogP contribution in [0, 0.1) is 12.8 Å². The SMILES string of the molecule is Cc1[nH]c(=O)ccc1C(=O)N1CCC([C@@H](N)c2cc(Cl)c(Cl)cc2O)CC1. The van der Waals surface area contributed by atoms with Crippen LogP contribution in [-0.2, 0) is 0 Å². The third kappa shape index (κ3) is 4.13. The Morgan fingerprint density at radius 3 is 2.52 bits per heavy atom. The van der Waals surface area contributed by atoms with E-state index in [0.29, 0.717) is 47.8 Å². The van der Waals surface area contributed by atoms with Gasteiger partial charge in [0.15, 0.2) is 0 Å². The lowest BCUT2D eigenvalue weighted by Crippen LogP contribution is -2.41. The Morgan fingerprint density at radius 1 is 1.26 bits per heavy atom. The largest absolute Gasteiger partial charge is 0.508 e. The lowest BCUT2D eigenvalue weighted by Gasteiger charge is -2.35. The van der Waals surface area contributed by atoms with Gasteiger partial charge in [0.2, 0.25) is 5.56 Å². The molecule has 1 fully saturated rings. The third-order valence-electron chi connectivity index (χ3n) is 5.11. The first-order valence-electron chi connectivity index (χ1n) is 8.70. The summed E-state index contributed by atoms with van der Waals surface area (Å²) in [6.07, 6.45) is 1.41. The lowest BCUT2D eigenvalue weighted by molar-refractivity contribution is 0.0676. The van der Waals surface area contributed by atoms with E-state index >= 15 is 0 Å². The van der Waals surface area contributed by atoms with E-state index in [0.717, 1.165) is 0 Å². The number of phenols is 1. The Morgan fingerprint density at radius 2 is 1.89 bits per heavy atom. The number of phenolic OH excluding ortho intramolecular Hbond substituents is 1. The van der Waals surface area contributed by atoms with Crippen molar-refractivity contribution >= 4 is 29.1 Å². The zero-order valence-electron chi connectivity index (χ0n) is 14.8. The molecule has 1 saturated heterocycles. The fraction of sp³-hybridized carbons (Fsp3) is 0.368. The number of aryl methyl sites for hydroxylation is 1. The molecule has 1 amide bonds. The lowest BCUT2D eigenvalue weighted by atomic mass is 9.85. The summed E-state index contributed by atoms with van der Waals surface area (Å²) in [5.41, 5.74) is 7.75. The molecule has 0 saturated carbocycles. The first kappa shape index (κ1) is 19.7. The quantitative estimate of drug-likeness (QED) is 0.723. The fourth-order valence-corrected chi connectivity index (χ4v) is 3.84. The average Bonchev–Trinajstić information content (AvgIpc) is 2.64. The molecule has 1 aromatic carbocycles. The van der Waals surface area contributed by atoms with Crippen LogP contribution < -0.4 is 11.3 Å². The van der Waals surface area contributed by atoms with Crippen molar-refractivity contribution in [1.29, 1.82) is 0 Å². The summed E-state index contributed by atoms with van der Waals surface area (Å²) >= 11 is 12.0. The highest BCUT2D eigenvalue weighted by Gasteiger charge is 2.30. The van der Waals surface area contributed by atoms with Crippen molar-refractivity contribution in [3.8, 4) is 5.75 Å². The van der Waals surface area contributed by atoms with Gasteiger partial charge in [-0.05, 0) is 37.8 Å². The van der Waals surface area contributed by atoms with Crippen LogP contribution in [0.1, 0.15) is 40.5 Å². The van der Waals surface area contributed by atoms with Crippen molar-refractivity contribution in [2.24, 2.45) is 11.7 Å². The normalized spacial score (nSPS) is 16.4. The molecule has 8 heteroatoms. The molecular formula is C19H21Cl2N3O3. The number of halogens is 2. The number of likely N-dealkylation sites (tertiary alicyclic amines) is 1. The molecule has 1 aliphatic heterocycles. The van der Waals surface area contributed by atoms with Crippen molar-refractivity contribution < 1.29 is 9.90 Å². The van der Waals surface area contributed by atoms with Crippen LogP contribution in [0.15, 0.2) is 29.1 Å². The summed E-state index contributed by atoms with van der Waals surface area (Å²) in [5, 5.41) is 10.8. The highest BCUT2D eigenvalue weighted by atomic mass is 35.5. The number of rotatable bonds is 3. The molecule has 0 unspecified atom stereocenters. The number of nitrogens with two attached hydrogens (primary N) is 1. The Hall–Kier alpha value is -2.02. The highest BCUT2D eigenvalue weighted by molar-refractivity contribution is 6.42. The Kier molecular flexibility index (Phi) is 5.79. The third-order valence-corrected chi connectivity index (χ3v) is 5.83. The molecule has 2 heterocycles. The van der Waals surface area contributed by atoms with Crippen LogP contribution in [0.3, 0.4) is 0 Å². The number of hydrogen-bond donors (Lipinski definition) is 3. The zero-order chi connectivity index (χ0) is 19.7. The van der Waals surface area contributed by atoms with Gasteiger partial charge in [-0.3, -0.25) is 9.59 Å². The van der Waals surface area contributed by atoms with Crippen LogP contribution in [0.5, 0.6) is 5.75 Å². The van der Waals surface area contributed by atoms with Crippen molar-refractivity contribution in [3.63, 3.8) is 0 Å². The predicted octanol–water partition coefficient (Wildman–Crippen LogP) is 3.25. The molecule has 0 bridgehead atoms. The van der Waals surface area contributed by atoms with Gasteiger partial charge in [-0.1, -0.05) is 23.2 Å². The van der Waals surface area contributed by atoms with E-state index in [9.17, 15) is 14.7 Å². The molecule has 2 aromatic rings. The topological polar surface area (TPSA) is 99.4 Å². The van der Waals surface area contributed by atoms with E-state index in [1.807, 2.05) is 0 Å². The number of aromatic amines is 1. The molecule has 6 nitrogen and oxygen atoms in total. The number of piperidine rings is 1.